The lowest BCUT2D eigenvalue weighted by atomic mass is 9.91. The third-order valence-electron chi connectivity index (χ3n) is 12.4. The number of hydrogen-bond donors (Lipinski definition) is 5. The third kappa shape index (κ3) is 64.0. The molecule has 0 aliphatic heterocycles. The van der Waals surface area contributed by atoms with Crippen LogP contribution in [0.3, 0.4) is 0 Å². The van der Waals surface area contributed by atoms with Gasteiger partial charge in [0.25, 0.3) is 0 Å². The first-order valence-electron chi connectivity index (χ1n) is 28.3. The second-order valence-electron chi connectivity index (χ2n) is 19.7. The SMILES string of the molecule is C=C(C(=O)O)C(CC)CCCCCC.C=C(CCCCCCC)C(=O)O.C=C(CCCCCCCC)C(=O)O.C=C(CCCCCCCCC(C)C)C(=O)O.C=C(CCCCCCCCCCC)C(=O)O. The molecule has 0 bridgehead atoms. The Kier molecular flexibility index (Phi) is 62.7. The van der Waals surface area contributed by atoms with E-state index in [1.54, 1.807) is 0 Å². The Morgan fingerprint density at radius 2 is 0.521 bits per heavy atom. The largest absolute Gasteiger partial charge is 0.478 e. The zero-order valence-electron chi connectivity index (χ0n) is 47.1. The van der Waals surface area contributed by atoms with Gasteiger partial charge < -0.3 is 25.5 Å². The fraction of sp³-hybridized carbons (Fsp3) is 0.754. The van der Waals surface area contributed by atoms with Gasteiger partial charge in [0.1, 0.15) is 0 Å². The summed E-state index contributed by atoms with van der Waals surface area (Å²) in [4.78, 5) is 52.3. The van der Waals surface area contributed by atoms with Crippen LogP contribution in [0, 0.1) is 11.8 Å². The molecule has 0 radical (unpaired) electrons. The highest BCUT2D eigenvalue weighted by Crippen LogP contribution is 2.21. The van der Waals surface area contributed by atoms with Crippen molar-refractivity contribution in [2.24, 2.45) is 11.8 Å². The molecule has 71 heavy (non-hydrogen) atoms. The van der Waals surface area contributed by atoms with Gasteiger partial charge in [-0.05, 0) is 76.0 Å². The summed E-state index contributed by atoms with van der Waals surface area (Å²) in [6, 6.07) is 0. The van der Waals surface area contributed by atoms with Crippen LogP contribution in [0.25, 0.3) is 0 Å². The normalized spacial score (nSPS) is 10.6. The first kappa shape index (κ1) is 76.0. The minimum absolute atomic E-state index is 0.171. The van der Waals surface area contributed by atoms with Gasteiger partial charge in [-0.2, -0.15) is 0 Å². The maximum absolute atomic E-state index is 10.7. The van der Waals surface area contributed by atoms with E-state index in [4.69, 9.17) is 25.5 Å². The molecule has 0 rings (SSSR count). The summed E-state index contributed by atoms with van der Waals surface area (Å²) in [6.45, 7) is 32.9. The average molecular weight is 1010 g/mol. The van der Waals surface area contributed by atoms with Crippen molar-refractivity contribution < 1.29 is 49.5 Å². The van der Waals surface area contributed by atoms with Gasteiger partial charge in [-0.3, -0.25) is 0 Å². The number of hydrogen-bond acceptors (Lipinski definition) is 5. The first-order valence-corrected chi connectivity index (χ1v) is 28.3. The van der Waals surface area contributed by atoms with Gasteiger partial charge in [0.15, 0.2) is 0 Å². The molecule has 10 nitrogen and oxygen atoms in total. The average Bonchev–Trinajstić information content (AvgIpc) is 3.32. The fourth-order valence-corrected chi connectivity index (χ4v) is 7.35. The second-order valence-corrected chi connectivity index (χ2v) is 19.7. The molecule has 0 fully saturated rings. The van der Waals surface area contributed by atoms with Crippen LogP contribution in [-0.2, 0) is 24.0 Å². The number of rotatable bonds is 44. The topological polar surface area (TPSA) is 186 Å². The van der Waals surface area contributed by atoms with E-state index in [0.717, 1.165) is 76.5 Å². The highest BCUT2D eigenvalue weighted by Gasteiger charge is 2.15. The van der Waals surface area contributed by atoms with Crippen LogP contribution in [0.2, 0.25) is 0 Å². The van der Waals surface area contributed by atoms with Crippen molar-refractivity contribution in [3.8, 4) is 0 Å². The maximum atomic E-state index is 10.7. The van der Waals surface area contributed by atoms with E-state index < -0.39 is 29.8 Å². The molecule has 0 aromatic heterocycles. The lowest BCUT2D eigenvalue weighted by molar-refractivity contribution is -0.134. The molecule has 0 heterocycles. The van der Waals surface area contributed by atoms with Crippen molar-refractivity contribution in [3.63, 3.8) is 0 Å². The highest BCUT2D eigenvalue weighted by atomic mass is 16.4. The Morgan fingerprint density at radius 1 is 0.310 bits per heavy atom. The molecular weight excluding hydrogens is 893 g/mol. The minimum Gasteiger partial charge on any atom is -0.478 e. The summed E-state index contributed by atoms with van der Waals surface area (Å²) in [5.74, 6) is -3.26. The number of carboxylic acid groups (broad SMARTS) is 5. The van der Waals surface area contributed by atoms with Crippen molar-refractivity contribution in [2.75, 3.05) is 0 Å². The predicted molar refractivity (Wildman–Crippen MR) is 301 cm³/mol. The summed E-state index contributed by atoms with van der Waals surface area (Å²) in [6.07, 6.45) is 42.1. The summed E-state index contributed by atoms with van der Waals surface area (Å²) >= 11 is 0. The van der Waals surface area contributed by atoms with Gasteiger partial charge in [0.2, 0.25) is 0 Å². The molecule has 0 aromatic carbocycles. The lowest BCUT2D eigenvalue weighted by Gasteiger charge is -2.14. The molecule has 5 N–H and O–H groups in total. The van der Waals surface area contributed by atoms with Crippen LogP contribution in [-0.4, -0.2) is 55.4 Å². The van der Waals surface area contributed by atoms with E-state index in [1.807, 2.05) is 6.92 Å². The molecule has 0 aliphatic carbocycles. The van der Waals surface area contributed by atoms with Crippen LogP contribution < -0.4 is 0 Å². The predicted octanol–water partition coefficient (Wildman–Crippen LogP) is 18.9. The number of carbonyl (C=O) groups is 5. The number of aliphatic carboxylic acids is 5. The molecule has 0 aromatic rings. The molecule has 416 valence electrons. The molecule has 0 saturated heterocycles. The zero-order chi connectivity index (χ0) is 55.1. The Hall–Kier alpha value is -3.95. The number of unbranched alkanes of at least 4 members (excludes halogenated alkanes) is 25. The van der Waals surface area contributed by atoms with Gasteiger partial charge in [-0.15, -0.1) is 0 Å². The van der Waals surface area contributed by atoms with Crippen molar-refractivity contribution in [1.82, 2.24) is 0 Å². The second kappa shape index (κ2) is 58.6. The highest BCUT2D eigenvalue weighted by molar-refractivity contribution is 5.87. The molecule has 0 saturated carbocycles. The molecule has 0 spiro atoms. The molecule has 10 heteroatoms. The van der Waals surface area contributed by atoms with Crippen molar-refractivity contribution in [3.05, 3.63) is 60.8 Å². The van der Waals surface area contributed by atoms with Crippen molar-refractivity contribution in [1.29, 1.82) is 0 Å². The van der Waals surface area contributed by atoms with E-state index >= 15 is 0 Å². The van der Waals surface area contributed by atoms with Crippen molar-refractivity contribution in [2.45, 2.75) is 286 Å². The van der Waals surface area contributed by atoms with Crippen LogP contribution in [0.1, 0.15) is 286 Å². The Balaban J connectivity index is -0.000000257. The summed E-state index contributed by atoms with van der Waals surface area (Å²) < 4.78 is 0. The Morgan fingerprint density at radius 3 is 0.732 bits per heavy atom. The van der Waals surface area contributed by atoms with Crippen LogP contribution >= 0.6 is 0 Å². The van der Waals surface area contributed by atoms with E-state index in [-0.39, 0.29) is 5.92 Å². The Bertz CT molecular complexity index is 1380. The van der Waals surface area contributed by atoms with Gasteiger partial charge in [0.05, 0.1) is 0 Å². The zero-order valence-corrected chi connectivity index (χ0v) is 47.1. The van der Waals surface area contributed by atoms with Crippen LogP contribution in [0.4, 0.5) is 0 Å². The lowest BCUT2D eigenvalue weighted by Crippen LogP contribution is -2.10. The molecule has 1 atom stereocenters. The van der Waals surface area contributed by atoms with Crippen LogP contribution in [0.5, 0.6) is 0 Å². The summed E-state index contributed by atoms with van der Waals surface area (Å²) in [7, 11) is 0. The van der Waals surface area contributed by atoms with Gasteiger partial charge >= 0.3 is 29.8 Å². The van der Waals surface area contributed by atoms with Gasteiger partial charge in [-0.1, -0.05) is 255 Å². The molecular formula is C61H112O10. The van der Waals surface area contributed by atoms with Gasteiger partial charge in [0, 0.05) is 27.9 Å². The van der Waals surface area contributed by atoms with Gasteiger partial charge in [-0.25, -0.2) is 24.0 Å². The van der Waals surface area contributed by atoms with E-state index in [0.29, 0.717) is 53.5 Å². The molecule has 0 amide bonds. The minimum atomic E-state index is -0.856. The summed E-state index contributed by atoms with van der Waals surface area (Å²) in [5, 5.41) is 43.0. The fourth-order valence-electron chi connectivity index (χ4n) is 7.35. The van der Waals surface area contributed by atoms with E-state index in [2.05, 4.69) is 74.4 Å². The third-order valence-corrected chi connectivity index (χ3v) is 12.4. The van der Waals surface area contributed by atoms with E-state index in [9.17, 15) is 24.0 Å². The Labute approximate surface area is 436 Å². The first-order chi connectivity index (χ1) is 33.7. The van der Waals surface area contributed by atoms with E-state index in [1.165, 1.54) is 141 Å². The maximum Gasteiger partial charge on any atom is 0.331 e. The molecule has 1 unspecified atom stereocenters. The van der Waals surface area contributed by atoms with Crippen LogP contribution in [0.15, 0.2) is 60.8 Å². The smallest absolute Gasteiger partial charge is 0.331 e. The standard InChI is InChI=1S/2C14H26O2.C12H22O2.C11H20O2.C10H18O2/c1-12(2)10-8-6-4-5-7-9-11-13(3)14(15)16;1-3-4-5-6-7-8-9-10-11-12-13(2)14(15)16;1-4-6-7-8-9-11(5-2)10(3)12(13)14;1-3-4-5-6-7-8-9-10(2)11(12)13;1-3-4-5-6-7-8-9(2)10(11)12/h12H,3-11H2,1-2H3,(H,15,16);2-12H2,1H3,(H,15,16);11H,3-9H2,1-2H3,(H,13,14);2-9H2,1H3,(H,12,13);2-8H2,1H3,(H,11,12). The number of carboxylic acids is 5. The molecule has 0 aliphatic rings. The summed E-state index contributed by atoms with van der Waals surface area (Å²) in [5.41, 5.74) is 1.76. The van der Waals surface area contributed by atoms with Crippen molar-refractivity contribution >= 4 is 29.8 Å². The quantitative estimate of drug-likeness (QED) is 0.0290. The monoisotopic (exact) mass is 1000 g/mol.